The Bertz CT molecular complexity index is 622. The van der Waals surface area contributed by atoms with E-state index < -0.39 is 5.97 Å². The lowest BCUT2D eigenvalue weighted by Gasteiger charge is -2.39. The number of ether oxygens (including phenoxy) is 1. The zero-order valence-electron chi connectivity index (χ0n) is 18.8. The fraction of sp³-hybridized carbons (Fsp3) is 0.560. The number of benzene rings is 1. The van der Waals surface area contributed by atoms with E-state index in [2.05, 4.69) is 32.6 Å². The molecule has 0 aliphatic heterocycles. The van der Waals surface area contributed by atoms with Crippen molar-refractivity contribution in [2.45, 2.75) is 79.1 Å². The molecule has 1 aliphatic rings. The van der Waals surface area contributed by atoms with Crippen molar-refractivity contribution in [2.24, 2.45) is 0 Å². The minimum absolute atomic E-state index is 0.0540. The highest BCUT2D eigenvalue weighted by Gasteiger charge is 2.35. The fourth-order valence-corrected chi connectivity index (χ4v) is 3.57. The van der Waals surface area contributed by atoms with Crippen molar-refractivity contribution in [3.8, 4) is 0 Å². The van der Waals surface area contributed by atoms with Crippen LogP contribution in [0.5, 0.6) is 0 Å². The van der Waals surface area contributed by atoms with Crippen molar-refractivity contribution in [1.82, 2.24) is 0 Å². The SMILES string of the molecule is C/C=C(\C)C1(c2cccc(C(=O)O)c2)CCCCC1.C=C(C)COCC.CC. The van der Waals surface area contributed by atoms with E-state index in [0.29, 0.717) is 12.2 Å². The van der Waals surface area contributed by atoms with E-state index in [0.717, 1.165) is 25.0 Å². The molecule has 1 aromatic rings. The highest BCUT2D eigenvalue weighted by molar-refractivity contribution is 5.87. The lowest BCUT2D eigenvalue weighted by atomic mass is 9.65. The monoisotopic (exact) mass is 388 g/mol. The van der Waals surface area contributed by atoms with Gasteiger partial charge in [-0.3, -0.25) is 0 Å². The summed E-state index contributed by atoms with van der Waals surface area (Å²) in [6.07, 6.45) is 8.18. The lowest BCUT2D eigenvalue weighted by Crippen LogP contribution is -2.30. The molecule has 1 fully saturated rings. The average molecular weight is 389 g/mol. The molecule has 1 aromatic carbocycles. The maximum atomic E-state index is 11.2. The predicted molar refractivity (Wildman–Crippen MR) is 120 cm³/mol. The van der Waals surface area contributed by atoms with Crippen molar-refractivity contribution < 1.29 is 14.6 Å². The number of carbonyl (C=O) groups is 1. The molecule has 3 heteroatoms. The van der Waals surface area contributed by atoms with Gasteiger partial charge in [0.05, 0.1) is 12.2 Å². The van der Waals surface area contributed by atoms with Crippen LogP contribution < -0.4 is 0 Å². The molecule has 0 radical (unpaired) electrons. The Morgan fingerprint density at radius 3 is 2.25 bits per heavy atom. The molecule has 28 heavy (non-hydrogen) atoms. The summed E-state index contributed by atoms with van der Waals surface area (Å²) in [6, 6.07) is 7.50. The summed E-state index contributed by atoms with van der Waals surface area (Å²) in [4.78, 5) is 11.2. The van der Waals surface area contributed by atoms with Gasteiger partial charge in [-0.1, -0.05) is 69.0 Å². The molecule has 1 aliphatic carbocycles. The van der Waals surface area contributed by atoms with Crippen LogP contribution in [0.4, 0.5) is 0 Å². The highest BCUT2D eigenvalue weighted by atomic mass is 16.5. The summed E-state index contributed by atoms with van der Waals surface area (Å²) in [6.45, 7) is 17.3. The maximum absolute atomic E-state index is 11.2. The van der Waals surface area contributed by atoms with Gasteiger partial charge in [-0.25, -0.2) is 4.79 Å². The number of hydrogen-bond donors (Lipinski definition) is 1. The van der Waals surface area contributed by atoms with E-state index >= 15 is 0 Å². The normalized spacial score (nSPS) is 15.4. The van der Waals surface area contributed by atoms with E-state index in [1.165, 1.54) is 30.4 Å². The van der Waals surface area contributed by atoms with E-state index in [-0.39, 0.29) is 5.41 Å². The number of hydrogen-bond acceptors (Lipinski definition) is 2. The van der Waals surface area contributed by atoms with Crippen LogP contribution in [0.2, 0.25) is 0 Å². The smallest absolute Gasteiger partial charge is 0.335 e. The van der Waals surface area contributed by atoms with Gasteiger partial charge in [0.25, 0.3) is 0 Å². The summed E-state index contributed by atoms with van der Waals surface area (Å²) < 4.78 is 5.00. The summed E-state index contributed by atoms with van der Waals surface area (Å²) in [5.74, 6) is -0.842. The molecule has 1 N–H and O–H groups in total. The first-order valence-electron chi connectivity index (χ1n) is 10.6. The van der Waals surface area contributed by atoms with Gasteiger partial charge in [-0.2, -0.15) is 0 Å². The molecule has 0 unspecified atom stereocenters. The summed E-state index contributed by atoms with van der Waals surface area (Å²) in [5, 5.41) is 9.17. The van der Waals surface area contributed by atoms with E-state index in [1.807, 2.05) is 39.8 Å². The van der Waals surface area contributed by atoms with Gasteiger partial charge in [0.2, 0.25) is 0 Å². The average Bonchev–Trinajstić information content (AvgIpc) is 2.74. The molecule has 0 bridgehead atoms. The van der Waals surface area contributed by atoms with Crippen LogP contribution in [-0.2, 0) is 10.2 Å². The van der Waals surface area contributed by atoms with Gasteiger partial charge >= 0.3 is 5.97 Å². The summed E-state index contributed by atoms with van der Waals surface area (Å²) >= 11 is 0. The molecule has 2 rings (SSSR count). The Kier molecular flexibility index (Phi) is 13.2. The minimum Gasteiger partial charge on any atom is -0.478 e. The lowest BCUT2D eigenvalue weighted by molar-refractivity contribution is 0.0696. The Morgan fingerprint density at radius 2 is 1.82 bits per heavy atom. The topological polar surface area (TPSA) is 46.5 Å². The zero-order valence-corrected chi connectivity index (χ0v) is 18.8. The third kappa shape index (κ3) is 8.02. The Morgan fingerprint density at radius 1 is 1.21 bits per heavy atom. The molecule has 0 saturated heterocycles. The van der Waals surface area contributed by atoms with Crippen LogP contribution in [-0.4, -0.2) is 24.3 Å². The van der Waals surface area contributed by atoms with E-state index in [1.54, 1.807) is 6.07 Å². The maximum Gasteiger partial charge on any atom is 0.335 e. The van der Waals surface area contributed by atoms with Crippen molar-refractivity contribution >= 4 is 5.97 Å². The largest absolute Gasteiger partial charge is 0.478 e. The van der Waals surface area contributed by atoms with E-state index in [4.69, 9.17) is 4.74 Å². The standard InChI is InChI=1S/C17H22O2.C6H12O.C2H6/c1-3-13(2)17(10-5-4-6-11-17)15-9-7-8-14(12-15)16(18)19;1-4-7-5-6(2)3;1-2/h3,7-9,12H,4-6,10-11H2,1-2H3,(H,18,19);2,4-5H2,1,3H3;1-2H3/b13-3+;;. The first-order chi connectivity index (χ1) is 13.4. The van der Waals surface area contributed by atoms with Gasteiger partial charge in [-0.05, 0) is 58.2 Å². The molecular formula is C25H40O3. The quantitative estimate of drug-likeness (QED) is 0.525. The van der Waals surface area contributed by atoms with Crippen LogP contribution in [0.25, 0.3) is 0 Å². The first-order valence-corrected chi connectivity index (χ1v) is 10.6. The molecular weight excluding hydrogens is 348 g/mol. The number of carboxylic acids is 1. The van der Waals surface area contributed by atoms with Gasteiger partial charge < -0.3 is 9.84 Å². The molecule has 0 spiro atoms. The van der Waals surface area contributed by atoms with Gasteiger partial charge in [-0.15, -0.1) is 0 Å². The third-order valence-electron chi connectivity index (χ3n) is 5.11. The molecule has 3 nitrogen and oxygen atoms in total. The van der Waals surface area contributed by atoms with Crippen LogP contribution in [0, 0.1) is 0 Å². The Labute approximate surface area is 172 Å². The number of allylic oxidation sites excluding steroid dienone is 2. The Balaban J connectivity index is 0.000000688. The second kappa shape index (κ2) is 14.2. The third-order valence-corrected chi connectivity index (χ3v) is 5.11. The Hall–Kier alpha value is -1.87. The highest BCUT2D eigenvalue weighted by Crippen LogP contribution is 2.45. The number of carboxylic acid groups (broad SMARTS) is 1. The van der Waals surface area contributed by atoms with Crippen LogP contribution in [0.15, 0.2) is 48.1 Å². The molecule has 158 valence electrons. The van der Waals surface area contributed by atoms with Crippen molar-refractivity contribution in [3.05, 3.63) is 59.2 Å². The van der Waals surface area contributed by atoms with Gasteiger partial charge in [0.15, 0.2) is 0 Å². The van der Waals surface area contributed by atoms with Gasteiger partial charge in [0.1, 0.15) is 0 Å². The van der Waals surface area contributed by atoms with Crippen molar-refractivity contribution in [3.63, 3.8) is 0 Å². The predicted octanol–water partition coefficient (Wildman–Crippen LogP) is 7.18. The minimum atomic E-state index is -0.842. The summed E-state index contributed by atoms with van der Waals surface area (Å²) in [7, 11) is 0. The fourth-order valence-electron chi connectivity index (χ4n) is 3.57. The number of aromatic carboxylic acids is 1. The summed E-state index contributed by atoms with van der Waals surface area (Å²) in [5.41, 5.74) is 4.07. The molecule has 1 saturated carbocycles. The van der Waals surface area contributed by atoms with E-state index in [9.17, 15) is 9.90 Å². The number of rotatable bonds is 6. The van der Waals surface area contributed by atoms with Crippen LogP contribution in [0.3, 0.4) is 0 Å². The molecule has 0 atom stereocenters. The molecule has 0 aromatic heterocycles. The molecule has 0 amide bonds. The molecule has 0 heterocycles. The van der Waals surface area contributed by atoms with Crippen LogP contribution >= 0.6 is 0 Å². The van der Waals surface area contributed by atoms with Crippen molar-refractivity contribution in [1.29, 1.82) is 0 Å². The van der Waals surface area contributed by atoms with Crippen molar-refractivity contribution in [2.75, 3.05) is 13.2 Å². The first kappa shape index (κ1) is 26.1. The second-order valence-electron chi connectivity index (χ2n) is 7.09. The second-order valence-corrected chi connectivity index (χ2v) is 7.09. The zero-order chi connectivity index (χ0) is 21.6. The van der Waals surface area contributed by atoms with Crippen LogP contribution in [0.1, 0.15) is 89.6 Å². The van der Waals surface area contributed by atoms with Gasteiger partial charge in [0, 0.05) is 12.0 Å².